The molecule has 2 aromatic carbocycles. The fourth-order valence-corrected chi connectivity index (χ4v) is 4.72. The Morgan fingerprint density at radius 3 is 2.34 bits per heavy atom. The summed E-state index contributed by atoms with van der Waals surface area (Å²) in [5, 5.41) is 11.4. The number of hydrogen-bond donors (Lipinski definition) is 1. The summed E-state index contributed by atoms with van der Waals surface area (Å²) >= 11 is 0. The van der Waals surface area contributed by atoms with Crippen LogP contribution in [0.4, 0.5) is 4.39 Å². The van der Waals surface area contributed by atoms with Gasteiger partial charge in [-0.1, -0.05) is 12.1 Å². The fourth-order valence-electron chi connectivity index (χ4n) is 4.72. The first-order valence-electron chi connectivity index (χ1n) is 10.4. The number of phenols is 1. The Kier molecular flexibility index (Phi) is 4.63. The van der Waals surface area contributed by atoms with Crippen LogP contribution >= 0.6 is 0 Å². The van der Waals surface area contributed by atoms with E-state index in [1.54, 1.807) is 24.3 Å². The van der Waals surface area contributed by atoms with Crippen molar-refractivity contribution in [2.24, 2.45) is 0 Å². The van der Waals surface area contributed by atoms with E-state index < -0.39 is 0 Å². The summed E-state index contributed by atoms with van der Waals surface area (Å²) in [4.78, 5) is 13.6. The molecule has 4 nitrogen and oxygen atoms in total. The van der Waals surface area contributed by atoms with Crippen molar-refractivity contribution >= 4 is 10.8 Å². The molecular formula is C24H24FNO3. The lowest BCUT2D eigenvalue weighted by Gasteiger charge is -2.36. The maximum Gasteiger partial charge on any atom is 0.259 e. The standard InChI is InChI=1S/C24H24FNO3/c25-17-6-4-15(5-7-17)22-20-9-8-19(27)14-21(20)24(28)26(18-2-1-3-18)23(22)16-10-12-29-13-11-16/h4-9,14,16,18,27H,1-3,10-13H2. The second kappa shape index (κ2) is 7.30. The third kappa shape index (κ3) is 3.14. The molecule has 0 amide bonds. The Morgan fingerprint density at radius 1 is 0.966 bits per heavy atom. The van der Waals surface area contributed by atoms with Crippen LogP contribution in [0.1, 0.15) is 49.8 Å². The Bertz CT molecular complexity index is 1110. The summed E-state index contributed by atoms with van der Waals surface area (Å²) in [6.45, 7) is 1.36. The molecule has 0 unspecified atom stereocenters. The Morgan fingerprint density at radius 2 is 1.69 bits per heavy atom. The highest BCUT2D eigenvalue weighted by atomic mass is 19.1. The highest BCUT2D eigenvalue weighted by Crippen LogP contribution is 2.43. The SMILES string of the molecule is O=c1c2cc(O)ccc2c(-c2ccc(F)cc2)c(C2CCOCC2)n1C1CCC1. The zero-order chi connectivity index (χ0) is 20.0. The van der Waals surface area contributed by atoms with Crippen molar-refractivity contribution in [2.75, 3.05) is 13.2 Å². The summed E-state index contributed by atoms with van der Waals surface area (Å²) in [5.41, 5.74) is 2.90. The fraction of sp³-hybridized carbons (Fsp3) is 0.375. The number of aromatic hydroxyl groups is 1. The number of ether oxygens (including phenoxy) is 1. The van der Waals surface area contributed by atoms with Crippen LogP contribution in [0.15, 0.2) is 47.3 Å². The van der Waals surface area contributed by atoms with Gasteiger partial charge in [-0.2, -0.15) is 0 Å². The van der Waals surface area contributed by atoms with Crippen LogP contribution in [0.5, 0.6) is 5.75 Å². The summed E-state index contributed by atoms with van der Waals surface area (Å²) in [5.74, 6) is 0.0181. The number of pyridine rings is 1. The second-order valence-corrected chi connectivity index (χ2v) is 8.14. The van der Waals surface area contributed by atoms with Gasteiger partial charge in [-0.15, -0.1) is 0 Å². The van der Waals surface area contributed by atoms with E-state index in [1.165, 1.54) is 12.1 Å². The number of aromatic nitrogens is 1. The minimum atomic E-state index is -0.282. The molecule has 29 heavy (non-hydrogen) atoms. The molecule has 1 saturated heterocycles. The lowest BCUT2D eigenvalue weighted by molar-refractivity contribution is 0.0827. The summed E-state index contributed by atoms with van der Waals surface area (Å²) in [6.07, 6.45) is 4.83. The van der Waals surface area contributed by atoms with Crippen molar-refractivity contribution in [1.29, 1.82) is 0 Å². The Balaban J connectivity index is 1.88. The lowest BCUT2D eigenvalue weighted by Crippen LogP contribution is -2.34. The maximum atomic E-state index is 13.7. The predicted molar refractivity (Wildman–Crippen MR) is 111 cm³/mol. The smallest absolute Gasteiger partial charge is 0.259 e. The van der Waals surface area contributed by atoms with Crippen LogP contribution in [0, 0.1) is 5.82 Å². The minimum Gasteiger partial charge on any atom is -0.508 e. The summed E-state index contributed by atoms with van der Waals surface area (Å²) in [6, 6.07) is 11.7. The number of halogens is 1. The van der Waals surface area contributed by atoms with E-state index in [2.05, 4.69) is 0 Å². The van der Waals surface area contributed by atoms with Crippen molar-refractivity contribution in [3.05, 3.63) is 64.3 Å². The molecule has 1 saturated carbocycles. The highest BCUT2D eigenvalue weighted by Gasteiger charge is 2.31. The molecule has 0 atom stereocenters. The van der Waals surface area contributed by atoms with Crippen LogP contribution in [0.3, 0.4) is 0 Å². The first-order valence-corrected chi connectivity index (χ1v) is 10.4. The van der Waals surface area contributed by atoms with Gasteiger partial charge < -0.3 is 14.4 Å². The number of phenolic OH excluding ortho intramolecular Hbond substituents is 1. The van der Waals surface area contributed by atoms with Crippen molar-refractivity contribution < 1.29 is 14.2 Å². The summed E-state index contributed by atoms with van der Waals surface area (Å²) < 4.78 is 21.2. The Hall–Kier alpha value is -2.66. The van der Waals surface area contributed by atoms with E-state index in [4.69, 9.17) is 4.74 Å². The lowest BCUT2D eigenvalue weighted by atomic mass is 9.84. The number of fused-ring (bicyclic) bond motifs is 1. The van der Waals surface area contributed by atoms with E-state index in [0.717, 1.165) is 54.3 Å². The monoisotopic (exact) mass is 393 g/mol. The molecule has 1 N–H and O–H groups in total. The molecule has 0 spiro atoms. The number of rotatable bonds is 3. The van der Waals surface area contributed by atoms with Crippen LogP contribution in [0.25, 0.3) is 21.9 Å². The van der Waals surface area contributed by atoms with Crippen molar-refractivity contribution in [3.8, 4) is 16.9 Å². The molecule has 2 aliphatic rings. The van der Waals surface area contributed by atoms with Crippen molar-refractivity contribution in [3.63, 3.8) is 0 Å². The highest BCUT2D eigenvalue weighted by molar-refractivity contribution is 5.98. The van der Waals surface area contributed by atoms with E-state index in [-0.39, 0.29) is 29.1 Å². The largest absolute Gasteiger partial charge is 0.508 e. The first kappa shape index (κ1) is 18.4. The third-order valence-electron chi connectivity index (χ3n) is 6.42. The van der Waals surface area contributed by atoms with E-state index >= 15 is 0 Å². The molecular weight excluding hydrogens is 369 g/mol. The van der Waals surface area contributed by atoms with E-state index in [0.29, 0.717) is 18.6 Å². The van der Waals surface area contributed by atoms with Gasteiger partial charge in [0.05, 0.1) is 5.39 Å². The molecule has 0 radical (unpaired) electrons. The first-order chi connectivity index (χ1) is 14.1. The molecule has 5 heteroatoms. The van der Waals surface area contributed by atoms with Gasteiger partial charge in [-0.25, -0.2) is 4.39 Å². The number of hydrogen-bond acceptors (Lipinski definition) is 3. The van der Waals surface area contributed by atoms with Crippen LogP contribution < -0.4 is 5.56 Å². The molecule has 150 valence electrons. The molecule has 2 heterocycles. The molecule has 2 fully saturated rings. The molecule has 0 bridgehead atoms. The Labute approximate surface area is 168 Å². The number of nitrogens with zero attached hydrogens (tertiary/aromatic N) is 1. The van der Waals surface area contributed by atoms with Gasteiger partial charge >= 0.3 is 0 Å². The predicted octanol–water partition coefficient (Wildman–Crippen LogP) is 5.13. The maximum absolute atomic E-state index is 13.7. The van der Waals surface area contributed by atoms with Gasteiger partial charge in [0.2, 0.25) is 0 Å². The number of benzene rings is 2. The average Bonchev–Trinajstić information content (AvgIpc) is 2.70. The molecule has 5 rings (SSSR count). The van der Waals surface area contributed by atoms with Gasteiger partial charge in [0.15, 0.2) is 0 Å². The second-order valence-electron chi connectivity index (χ2n) is 8.14. The van der Waals surface area contributed by atoms with E-state index in [1.807, 2.05) is 10.6 Å². The normalized spacial score (nSPS) is 18.1. The third-order valence-corrected chi connectivity index (χ3v) is 6.42. The topological polar surface area (TPSA) is 51.5 Å². The van der Waals surface area contributed by atoms with E-state index in [9.17, 15) is 14.3 Å². The molecule has 3 aromatic rings. The zero-order valence-corrected chi connectivity index (χ0v) is 16.2. The molecule has 1 aliphatic carbocycles. The van der Waals surface area contributed by atoms with Crippen molar-refractivity contribution in [1.82, 2.24) is 4.57 Å². The van der Waals surface area contributed by atoms with Gasteiger partial charge in [-0.3, -0.25) is 4.79 Å². The quantitative estimate of drug-likeness (QED) is 0.671. The van der Waals surface area contributed by atoms with Crippen LogP contribution in [-0.2, 0) is 4.74 Å². The summed E-state index contributed by atoms with van der Waals surface area (Å²) in [7, 11) is 0. The van der Waals surface area contributed by atoms with Crippen molar-refractivity contribution in [2.45, 2.75) is 44.1 Å². The average molecular weight is 393 g/mol. The van der Waals surface area contributed by atoms with Gasteiger partial charge in [0.1, 0.15) is 11.6 Å². The molecule has 1 aliphatic heterocycles. The minimum absolute atomic E-state index is 0.0343. The van der Waals surface area contributed by atoms with Gasteiger partial charge in [0, 0.05) is 36.4 Å². The van der Waals surface area contributed by atoms with Gasteiger partial charge in [-0.05, 0) is 73.4 Å². The van der Waals surface area contributed by atoms with Crippen LogP contribution in [0.2, 0.25) is 0 Å². The molecule has 1 aromatic heterocycles. The van der Waals surface area contributed by atoms with Crippen LogP contribution in [-0.4, -0.2) is 22.9 Å². The zero-order valence-electron chi connectivity index (χ0n) is 16.2. The van der Waals surface area contributed by atoms with Gasteiger partial charge in [0.25, 0.3) is 5.56 Å².